The number of nitrogens with two attached hydrogens (primary N) is 1. The predicted octanol–water partition coefficient (Wildman–Crippen LogP) is 2.18. The summed E-state index contributed by atoms with van der Waals surface area (Å²) in [6, 6.07) is 4.32. The Bertz CT molecular complexity index is 573. The molecule has 6 heteroatoms. The van der Waals surface area contributed by atoms with Crippen molar-refractivity contribution >= 4 is 10.0 Å². The van der Waals surface area contributed by atoms with E-state index in [1.807, 2.05) is 13.8 Å². The van der Waals surface area contributed by atoms with E-state index < -0.39 is 21.4 Å². The van der Waals surface area contributed by atoms with E-state index >= 15 is 0 Å². The summed E-state index contributed by atoms with van der Waals surface area (Å²) in [6.07, 6.45) is 0.580. The highest BCUT2D eigenvalue weighted by atomic mass is 32.2. The van der Waals surface area contributed by atoms with Gasteiger partial charge in [0.15, 0.2) is 0 Å². The summed E-state index contributed by atoms with van der Waals surface area (Å²) in [6.45, 7) is 7.38. The molecule has 114 valence electrons. The number of nitrogens with one attached hydrogen (secondary N) is 1. The molecule has 3 N–H and O–H groups in total. The average Bonchev–Trinajstić information content (AvgIpc) is 2.30. The Morgan fingerprint density at radius 1 is 1.40 bits per heavy atom. The fraction of sp³-hybridized carbons (Fsp3) is 0.571. The summed E-state index contributed by atoms with van der Waals surface area (Å²) in [7, 11) is -3.93. The van der Waals surface area contributed by atoms with Gasteiger partial charge in [-0.2, -0.15) is 0 Å². The van der Waals surface area contributed by atoms with E-state index in [0.29, 0.717) is 12.0 Å². The van der Waals surface area contributed by atoms with Gasteiger partial charge in [-0.25, -0.2) is 17.5 Å². The summed E-state index contributed by atoms with van der Waals surface area (Å²) in [5.41, 5.74) is 5.20. The third kappa shape index (κ3) is 4.01. The highest BCUT2D eigenvalue weighted by molar-refractivity contribution is 7.89. The molecule has 0 saturated heterocycles. The Morgan fingerprint density at radius 3 is 2.50 bits per heavy atom. The normalized spacial score (nSPS) is 15.3. The van der Waals surface area contributed by atoms with Crippen LogP contribution in [-0.2, 0) is 10.0 Å². The van der Waals surface area contributed by atoms with Gasteiger partial charge in [-0.15, -0.1) is 0 Å². The minimum absolute atomic E-state index is 0.151. The molecule has 0 spiro atoms. The third-order valence-corrected chi connectivity index (χ3v) is 4.79. The van der Waals surface area contributed by atoms with Crippen LogP contribution in [0, 0.1) is 18.7 Å². The van der Waals surface area contributed by atoms with Crippen molar-refractivity contribution in [2.24, 2.45) is 11.7 Å². The van der Waals surface area contributed by atoms with Crippen molar-refractivity contribution in [1.29, 1.82) is 0 Å². The van der Waals surface area contributed by atoms with Crippen molar-refractivity contribution in [3.8, 4) is 0 Å². The first kappa shape index (κ1) is 17.1. The molecule has 0 aliphatic heterocycles. The van der Waals surface area contributed by atoms with Gasteiger partial charge in [0.2, 0.25) is 10.0 Å². The Labute approximate surface area is 120 Å². The van der Waals surface area contributed by atoms with E-state index in [1.165, 1.54) is 25.1 Å². The molecular weight excluding hydrogens is 279 g/mol. The molecule has 0 fully saturated rings. The molecule has 0 amide bonds. The second-order valence-corrected chi connectivity index (χ2v) is 7.51. The van der Waals surface area contributed by atoms with E-state index in [-0.39, 0.29) is 17.4 Å². The number of hydrogen-bond donors (Lipinski definition) is 2. The fourth-order valence-electron chi connectivity index (χ4n) is 2.28. The van der Waals surface area contributed by atoms with Gasteiger partial charge >= 0.3 is 0 Å². The summed E-state index contributed by atoms with van der Waals surface area (Å²) in [4.78, 5) is -0.332. The van der Waals surface area contributed by atoms with Crippen LogP contribution in [0.15, 0.2) is 23.1 Å². The first-order valence-corrected chi connectivity index (χ1v) is 8.09. The van der Waals surface area contributed by atoms with Crippen molar-refractivity contribution < 1.29 is 12.8 Å². The lowest BCUT2D eigenvalue weighted by molar-refractivity contribution is 0.344. The second-order valence-electron chi connectivity index (χ2n) is 5.86. The van der Waals surface area contributed by atoms with Gasteiger partial charge < -0.3 is 5.73 Å². The van der Waals surface area contributed by atoms with Crippen LogP contribution in [0.4, 0.5) is 4.39 Å². The molecule has 0 saturated carbocycles. The zero-order valence-corrected chi connectivity index (χ0v) is 13.2. The lowest BCUT2D eigenvalue weighted by atomic mass is 9.92. The molecule has 1 unspecified atom stereocenters. The Morgan fingerprint density at radius 2 is 2.00 bits per heavy atom. The molecule has 0 bridgehead atoms. The molecule has 1 rings (SSSR count). The summed E-state index contributed by atoms with van der Waals surface area (Å²) in [5.74, 6) is -0.447. The molecular formula is C14H23FN2O2S. The molecule has 4 nitrogen and oxygen atoms in total. The molecule has 20 heavy (non-hydrogen) atoms. The zero-order chi connectivity index (χ0) is 15.6. The average molecular weight is 302 g/mol. The van der Waals surface area contributed by atoms with Crippen molar-refractivity contribution in [3.05, 3.63) is 29.6 Å². The van der Waals surface area contributed by atoms with Crippen molar-refractivity contribution in [2.45, 2.75) is 44.6 Å². The fourth-order valence-corrected chi connectivity index (χ4v) is 3.86. The summed E-state index contributed by atoms with van der Waals surface area (Å²) in [5, 5.41) is 0. The van der Waals surface area contributed by atoms with Gasteiger partial charge in [-0.05, 0) is 37.8 Å². The minimum atomic E-state index is -3.93. The highest BCUT2D eigenvalue weighted by Crippen LogP contribution is 2.22. The molecule has 0 aromatic heterocycles. The van der Waals surface area contributed by atoms with Crippen molar-refractivity contribution in [3.63, 3.8) is 0 Å². The number of aryl methyl sites for hydroxylation is 1. The number of rotatable bonds is 6. The van der Waals surface area contributed by atoms with Crippen LogP contribution < -0.4 is 10.5 Å². The number of sulfonamides is 1. The molecule has 0 radical (unpaired) electrons. The number of benzene rings is 1. The maximum Gasteiger partial charge on any atom is 0.244 e. The van der Waals surface area contributed by atoms with Crippen LogP contribution in [0.25, 0.3) is 0 Å². The van der Waals surface area contributed by atoms with E-state index in [2.05, 4.69) is 4.72 Å². The van der Waals surface area contributed by atoms with E-state index in [9.17, 15) is 12.8 Å². The molecule has 1 atom stereocenters. The molecule has 1 aromatic carbocycles. The van der Waals surface area contributed by atoms with Gasteiger partial charge in [0.25, 0.3) is 0 Å². The van der Waals surface area contributed by atoms with Gasteiger partial charge in [0, 0.05) is 12.1 Å². The first-order valence-electron chi connectivity index (χ1n) is 6.60. The molecule has 0 aliphatic rings. The van der Waals surface area contributed by atoms with E-state index in [4.69, 9.17) is 5.73 Å². The summed E-state index contributed by atoms with van der Waals surface area (Å²) >= 11 is 0. The van der Waals surface area contributed by atoms with Crippen LogP contribution in [0.5, 0.6) is 0 Å². The third-order valence-electron chi connectivity index (χ3n) is 3.14. The van der Waals surface area contributed by atoms with Crippen LogP contribution in [-0.4, -0.2) is 20.5 Å². The van der Waals surface area contributed by atoms with Crippen molar-refractivity contribution in [1.82, 2.24) is 4.72 Å². The van der Waals surface area contributed by atoms with Crippen LogP contribution >= 0.6 is 0 Å². The minimum Gasteiger partial charge on any atom is -0.329 e. The van der Waals surface area contributed by atoms with Crippen LogP contribution in [0.1, 0.15) is 32.8 Å². The van der Waals surface area contributed by atoms with Gasteiger partial charge in [0.1, 0.15) is 10.7 Å². The van der Waals surface area contributed by atoms with E-state index in [0.717, 1.165) is 0 Å². The van der Waals surface area contributed by atoms with Gasteiger partial charge in [-0.1, -0.05) is 26.0 Å². The van der Waals surface area contributed by atoms with Crippen LogP contribution in [0.3, 0.4) is 0 Å². The Balaban J connectivity index is 3.14. The lowest BCUT2D eigenvalue weighted by Gasteiger charge is -2.30. The molecule has 1 aromatic rings. The first-order chi connectivity index (χ1) is 9.11. The Kier molecular flexibility index (Phi) is 5.29. The van der Waals surface area contributed by atoms with Gasteiger partial charge in [-0.3, -0.25) is 0 Å². The van der Waals surface area contributed by atoms with Gasteiger partial charge in [0.05, 0.1) is 0 Å². The topological polar surface area (TPSA) is 72.2 Å². The second kappa shape index (κ2) is 6.20. The van der Waals surface area contributed by atoms with E-state index in [1.54, 1.807) is 6.92 Å². The maximum atomic E-state index is 14.0. The van der Waals surface area contributed by atoms with Crippen LogP contribution in [0.2, 0.25) is 0 Å². The zero-order valence-electron chi connectivity index (χ0n) is 12.4. The van der Waals surface area contributed by atoms with Crippen molar-refractivity contribution in [2.75, 3.05) is 6.54 Å². The lowest BCUT2D eigenvalue weighted by Crippen LogP contribution is -2.52. The maximum absolute atomic E-state index is 14.0. The number of halogens is 1. The smallest absolute Gasteiger partial charge is 0.244 e. The molecule has 0 heterocycles. The monoisotopic (exact) mass is 302 g/mol. The highest BCUT2D eigenvalue weighted by Gasteiger charge is 2.31. The standard InChI is InChI=1S/C14H23FN2O2S/c1-10(2)8-14(4,9-16)17-20(18,19)12-7-5-6-11(3)13(12)15/h5-7,10,17H,8-9,16H2,1-4H3. The summed E-state index contributed by atoms with van der Waals surface area (Å²) < 4.78 is 41.2. The SMILES string of the molecule is Cc1cccc(S(=O)(=O)NC(C)(CN)CC(C)C)c1F. The quantitative estimate of drug-likeness (QED) is 0.846. The largest absolute Gasteiger partial charge is 0.329 e. The predicted molar refractivity (Wildman–Crippen MR) is 78.4 cm³/mol. The molecule has 0 aliphatic carbocycles. The number of hydrogen-bond acceptors (Lipinski definition) is 3. The Hall–Kier alpha value is -0.980.